The largest absolute Gasteiger partial charge is 0.418 e. The van der Waals surface area contributed by atoms with E-state index in [9.17, 15) is 13.2 Å². The summed E-state index contributed by atoms with van der Waals surface area (Å²) in [5.74, 6) is 0.795. The summed E-state index contributed by atoms with van der Waals surface area (Å²) in [4.78, 5) is 10.8. The van der Waals surface area contributed by atoms with Crippen molar-refractivity contribution in [3.63, 3.8) is 0 Å². The maximum absolute atomic E-state index is 13.2. The first kappa shape index (κ1) is 19.7. The maximum atomic E-state index is 13.2. The average molecular weight is 386 g/mol. The number of benzene rings is 2. The number of hydrogen-bond donors (Lipinski definition) is 1. The molecule has 2 aromatic carbocycles. The summed E-state index contributed by atoms with van der Waals surface area (Å²) in [5.41, 5.74) is 0.969. The summed E-state index contributed by atoms with van der Waals surface area (Å²) in [6.45, 7) is 5.14. The molecule has 0 fully saturated rings. The molecule has 0 saturated heterocycles. The zero-order valence-electron chi connectivity index (χ0n) is 15.7. The van der Waals surface area contributed by atoms with Crippen LogP contribution in [0.15, 0.2) is 60.7 Å². The van der Waals surface area contributed by atoms with Crippen LogP contribution in [0, 0.1) is 6.92 Å². The minimum absolute atomic E-state index is 0.0716. The topological polar surface area (TPSA) is 41.1 Å². The van der Waals surface area contributed by atoms with E-state index in [1.807, 2.05) is 48.2 Å². The van der Waals surface area contributed by atoms with Crippen molar-refractivity contribution in [2.24, 2.45) is 0 Å². The third-order valence-electron chi connectivity index (χ3n) is 4.24. The molecule has 0 atom stereocenters. The predicted octanol–water partition coefficient (Wildman–Crippen LogP) is 5.57. The van der Waals surface area contributed by atoms with Gasteiger partial charge in [-0.25, -0.2) is 4.98 Å². The van der Waals surface area contributed by atoms with E-state index in [-0.39, 0.29) is 11.6 Å². The molecule has 7 heteroatoms. The van der Waals surface area contributed by atoms with Gasteiger partial charge in [0.1, 0.15) is 5.82 Å². The predicted molar refractivity (Wildman–Crippen MR) is 105 cm³/mol. The highest BCUT2D eigenvalue weighted by Gasteiger charge is 2.33. The van der Waals surface area contributed by atoms with Crippen LogP contribution in [0.1, 0.15) is 23.7 Å². The number of alkyl halides is 3. The summed E-state index contributed by atoms with van der Waals surface area (Å²) in [6, 6.07) is 17.1. The van der Waals surface area contributed by atoms with Crippen LogP contribution in [-0.2, 0) is 12.7 Å². The van der Waals surface area contributed by atoms with E-state index in [1.165, 1.54) is 12.1 Å². The average Bonchev–Trinajstić information content (AvgIpc) is 2.66. The number of halogens is 3. The van der Waals surface area contributed by atoms with Gasteiger partial charge in [-0.3, -0.25) is 0 Å². The molecule has 3 rings (SSSR count). The van der Waals surface area contributed by atoms with Crippen molar-refractivity contribution in [2.75, 3.05) is 16.8 Å². The number of nitrogens with one attached hydrogen (secondary N) is 1. The Balaban J connectivity index is 1.90. The van der Waals surface area contributed by atoms with Gasteiger partial charge in [-0.1, -0.05) is 42.5 Å². The molecule has 0 aliphatic carbocycles. The van der Waals surface area contributed by atoms with Crippen LogP contribution in [0.25, 0.3) is 0 Å². The van der Waals surface area contributed by atoms with Gasteiger partial charge in [0.15, 0.2) is 0 Å². The highest BCUT2D eigenvalue weighted by Crippen LogP contribution is 2.35. The van der Waals surface area contributed by atoms with Gasteiger partial charge in [0, 0.05) is 24.8 Å². The number of para-hydroxylation sites is 1. The van der Waals surface area contributed by atoms with Crippen LogP contribution < -0.4 is 10.2 Å². The zero-order valence-corrected chi connectivity index (χ0v) is 15.7. The second-order valence-electron chi connectivity index (χ2n) is 6.36. The van der Waals surface area contributed by atoms with Gasteiger partial charge < -0.3 is 10.2 Å². The number of aromatic nitrogens is 2. The first-order chi connectivity index (χ1) is 13.4. The molecule has 3 aromatic rings. The summed E-state index contributed by atoms with van der Waals surface area (Å²) < 4.78 is 39.7. The van der Waals surface area contributed by atoms with Gasteiger partial charge in [-0.05, 0) is 31.5 Å². The van der Waals surface area contributed by atoms with Crippen molar-refractivity contribution in [2.45, 2.75) is 26.6 Å². The van der Waals surface area contributed by atoms with Crippen LogP contribution in [-0.4, -0.2) is 16.5 Å². The van der Waals surface area contributed by atoms with Gasteiger partial charge in [0.2, 0.25) is 5.95 Å². The molecule has 0 radical (unpaired) electrons. The van der Waals surface area contributed by atoms with Crippen LogP contribution in [0.5, 0.6) is 0 Å². The van der Waals surface area contributed by atoms with E-state index in [0.717, 1.165) is 11.6 Å². The van der Waals surface area contributed by atoms with E-state index >= 15 is 0 Å². The molecule has 4 nitrogen and oxygen atoms in total. The van der Waals surface area contributed by atoms with Crippen LogP contribution in [0.2, 0.25) is 0 Å². The Kier molecular flexibility index (Phi) is 5.82. The van der Waals surface area contributed by atoms with Gasteiger partial charge in [0.25, 0.3) is 0 Å². The van der Waals surface area contributed by atoms with Crippen molar-refractivity contribution in [3.05, 3.63) is 77.5 Å². The van der Waals surface area contributed by atoms with Gasteiger partial charge >= 0.3 is 6.18 Å². The Labute approximate surface area is 162 Å². The molecular weight excluding hydrogens is 365 g/mol. The van der Waals surface area contributed by atoms with Gasteiger partial charge in [0.05, 0.1) is 11.3 Å². The lowest BCUT2D eigenvalue weighted by Gasteiger charge is -2.23. The second-order valence-corrected chi connectivity index (χ2v) is 6.36. The quantitative estimate of drug-likeness (QED) is 0.601. The molecule has 0 unspecified atom stereocenters. The highest BCUT2D eigenvalue weighted by atomic mass is 19.4. The number of nitrogens with zero attached hydrogens (tertiary/aromatic N) is 3. The fourth-order valence-corrected chi connectivity index (χ4v) is 2.89. The number of rotatable bonds is 6. The minimum atomic E-state index is -4.46. The fraction of sp³-hybridized carbons (Fsp3) is 0.238. The molecular formula is C21H21F3N4. The monoisotopic (exact) mass is 386 g/mol. The molecule has 0 saturated carbocycles. The molecule has 1 aromatic heterocycles. The minimum Gasteiger partial charge on any atom is -0.352 e. The smallest absolute Gasteiger partial charge is 0.352 e. The Morgan fingerprint density at radius 1 is 0.964 bits per heavy atom. The summed E-state index contributed by atoms with van der Waals surface area (Å²) >= 11 is 0. The summed E-state index contributed by atoms with van der Waals surface area (Å²) in [5, 5.41) is 2.73. The lowest BCUT2D eigenvalue weighted by molar-refractivity contribution is -0.136. The lowest BCUT2D eigenvalue weighted by atomic mass is 10.1. The number of hydrogen-bond acceptors (Lipinski definition) is 4. The highest BCUT2D eigenvalue weighted by molar-refractivity contribution is 5.60. The van der Waals surface area contributed by atoms with Crippen LogP contribution in [0.4, 0.5) is 30.6 Å². The van der Waals surface area contributed by atoms with Crippen molar-refractivity contribution in [3.8, 4) is 0 Å². The molecule has 1 heterocycles. The Morgan fingerprint density at radius 3 is 2.32 bits per heavy atom. The Hall–Kier alpha value is -3.09. The first-order valence-corrected chi connectivity index (χ1v) is 8.94. The summed E-state index contributed by atoms with van der Waals surface area (Å²) in [6.07, 6.45) is -4.46. The van der Waals surface area contributed by atoms with Crippen molar-refractivity contribution in [1.82, 2.24) is 9.97 Å². The molecule has 0 spiro atoms. The molecule has 0 bridgehead atoms. The van der Waals surface area contributed by atoms with E-state index in [0.29, 0.717) is 24.6 Å². The molecule has 28 heavy (non-hydrogen) atoms. The zero-order chi connectivity index (χ0) is 20.1. The standard InChI is InChI=1S/C21H21F3N4/c1-3-28(14-16-9-5-4-6-10-16)19-13-15(2)25-20(27-19)26-18-12-8-7-11-17(18)21(22,23)24/h4-13H,3,14H2,1-2H3,(H,25,26,27). The first-order valence-electron chi connectivity index (χ1n) is 8.94. The third-order valence-corrected chi connectivity index (χ3v) is 4.24. The van der Waals surface area contributed by atoms with Crippen molar-refractivity contribution >= 4 is 17.5 Å². The second kappa shape index (κ2) is 8.29. The van der Waals surface area contributed by atoms with E-state index in [2.05, 4.69) is 15.3 Å². The SMILES string of the molecule is CCN(Cc1ccccc1)c1cc(C)nc(Nc2ccccc2C(F)(F)F)n1. The number of anilines is 3. The normalized spacial score (nSPS) is 11.3. The Morgan fingerprint density at radius 2 is 1.64 bits per heavy atom. The van der Waals surface area contributed by atoms with Gasteiger partial charge in [-0.2, -0.15) is 18.2 Å². The third kappa shape index (κ3) is 4.79. The maximum Gasteiger partial charge on any atom is 0.418 e. The molecule has 0 amide bonds. The van der Waals surface area contributed by atoms with E-state index in [1.54, 1.807) is 13.0 Å². The molecule has 1 N–H and O–H groups in total. The fourth-order valence-electron chi connectivity index (χ4n) is 2.89. The summed E-state index contributed by atoms with van der Waals surface area (Å²) in [7, 11) is 0. The molecule has 0 aliphatic rings. The molecule has 146 valence electrons. The van der Waals surface area contributed by atoms with E-state index < -0.39 is 11.7 Å². The van der Waals surface area contributed by atoms with Crippen molar-refractivity contribution < 1.29 is 13.2 Å². The Bertz CT molecular complexity index is 926. The van der Waals surface area contributed by atoms with Gasteiger partial charge in [-0.15, -0.1) is 0 Å². The number of aryl methyl sites for hydroxylation is 1. The van der Waals surface area contributed by atoms with E-state index in [4.69, 9.17) is 0 Å². The lowest BCUT2D eigenvalue weighted by Crippen LogP contribution is -2.23. The van der Waals surface area contributed by atoms with Crippen LogP contribution in [0.3, 0.4) is 0 Å². The molecule has 0 aliphatic heterocycles. The van der Waals surface area contributed by atoms with Crippen molar-refractivity contribution in [1.29, 1.82) is 0 Å². The van der Waals surface area contributed by atoms with Crippen LogP contribution >= 0.6 is 0 Å².